The summed E-state index contributed by atoms with van der Waals surface area (Å²) >= 11 is 1.57. The zero-order valence-corrected chi connectivity index (χ0v) is 16.5. The van der Waals surface area contributed by atoms with Crippen LogP contribution in [0.25, 0.3) is 0 Å². The van der Waals surface area contributed by atoms with Gasteiger partial charge in [-0.15, -0.1) is 0 Å². The minimum atomic E-state index is -0.156. The number of imidazole rings is 1. The first-order valence-electron chi connectivity index (χ1n) is 8.67. The number of ether oxygens (including phenoxy) is 1. The number of rotatable bonds is 8. The maximum absolute atomic E-state index is 12.5. The molecular weight excluding hydrogens is 362 g/mol. The molecule has 142 valence electrons. The number of likely N-dealkylation sites (N-methyl/N-ethyl adjacent to an activating group) is 1. The summed E-state index contributed by atoms with van der Waals surface area (Å²) in [6.45, 7) is 2.90. The summed E-state index contributed by atoms with van der Waals surface area (Å²) in [5, 5.41) is 0.907. The van der Waals surface area contributed by atoms with Crippen LogP contribution in [0.15, 0.2) is 58.4 Å². The van der Waals surface area contributed by atoms with Crippen LogP contribution in [0.1, 0.15) is 21.9 Å². The lowest BCUT2D eigenvalue weighted by Crippen LogP contribution is -2.30. The van der Waals surface area contributed by atoms with Crippen LogP contribution in [0.3, 0.4) is 0 Å². The minimum Gasteiger partial charge on any atom is -0.491 e. The maximum atomic E-state index is 12.5. The van der Waals surface area contributed by atoms with Crippen LogP contribution in [0, 0.1) is 6.92 Å². The summed E-state index contributed by atoms with van der Waals surface area (Å²) in [7, 11) is 3.69. The second-order valence-electron chi connectivity index (χ2n) is 6.22. The molecule has 0 fully saturated rings. The fourth-order valence-electron chi connectivity index (χ4n) is 2.50. The van der Waals surface area contributed by atoms with Gasteiger partial charge in [-0.1, -0.05) is 30.0 Å². The molecule has 2 aromatic heterocycles. The average molecular weight is 385 g/mol. The molecule has 0 saturated carbocycles. The standard InChI is InChI=1S/C20H23N3O3S/c1-15-6-4-5-7-17(15)25-13-12-22(2)19(24)18-9-8-16(26-18)14-27-20-21-10-11-23(20)3/h4-11H,12-14H2,1-3H3. The molecule has 0 bridgehead atoms. The Morgan fingerprint density at radius 3 is 2.85 bits per heavy atom. The Kier molecular flexibility index (Phi) is 6.24. The number of para-hydroxylation sites is 1. The fourth-order valence-corrected chi connectivity index (χ4v) is 3.32. The molecule has 3 rings (SSSR count). The van der Waals surface area contributed by atoms with Crippen LogP contribution in [0.2, 0.25) is 0 Å². The molecule has 1 amide bonds. The molecule has 0 unspecified atom stereocenters. The van der Waals surface area contributed by atoms with E-state index in [1.54, 1.807) is 36.0 Å². The Hall–Kier alpha value is -2.67. The van der Waals surface area contributed by atoms with Gasteiger partial charge in [-0.25, -0.2) is 4.98 Å². The number of benzene rings is 1. The smallest absolute Gasteiger partial charge is 0.289 e. The quantitative estimate of drug-likeness (QED) is 0.553. The van der Waals surface area contributed by atoms with Crippen molar-refractivity contribution in [2.45, 2.75) is 17.8 Å². The van der Waals surface area contributed by atoms with Gasteiger partial charge in [0.05, 0.1) is 12.3 Å². The van der Waals surface area contributed by atoms with Gasteiger partial charge < -0.3 is 18.6 Å². The largest absolute Gasteiger partial charge is 0.491 e. The van der Waals surface area contributed by atoms with Gasteiger partial charge in [0.2, 0.25) is 0 Å². The fraction of sp³-hybridized carbons (Fsp3) is 0.300. The number of hydrogen-bond acceptors (Lipinski definition) is 5. The number of carbonyl (C=O) groups excluding carboxylic acids is 1. The van der Waals surface area contributed by atoms with Gasteiger partial charge in [-0.2, -0.15) is 0 Å². The first kappa shape index (κ1) is 19.1. The third-order valence-electron chi connectivity index (χ3n) is 4.12. The first-order valence-corrected chi connectivity index (χ1v) is 9.66. The van der Waals surface area contributed by atoms with Crippen molar-refractivity contribution in [3.05, 3.63) is 65.9 Å². The highest BCUT2D eigenvalue weighted by atomic mass is 32.2. The van der Waals surface area contributed by atoms with Crippen LogP contribution in [0.5, 0.6) is 5.75 Å². The van der Waals surface area contributed by atoms with E-state index in [0.29, 0.717) is 24.7 Å². The van der Waals surface area contributed by atoms with E-state index in [9.17, 15) is 4.79 Å². The first-order chi connectivity index (χ1) is 13.0. The summed E-state index contributed by atoms with van der Waals surface area (Å²) in [5.41, 5.74) is 1.08. The van der Waals surface area contributed by atoms with E-state index in [2.05, 4.69) is 4.98 Å². The lowest BCUT2D eigenvalue weighted by Gasteiger charge is -2.16. The highest BCUT2D eigenvalue weighted by Crippen LogP contribution is 2.22. The monoisotopic (exact) mass is 385 g/mol. The Morgan fingerprint density at radius 1 is 1.30 bits per heavy atom. The van der Waals surface area contributed by atoms with Crippen LogP contribution >= 0.6 is 11.8 Å². The predicted octanol–water partition coefficient (Wildman–Crippen LogP) is 3.76. The van der Waals surface area contributed by atoms with E-state index in [1.165, 1.54) is 0 Å². The van der Waals surface area contributed by atoms with E-state index in [1.807, 2.05) is 55.1 Å². The van der Waals surface area contributed by atoms with Gasteiger partial charge in [-0.3, -0.25) is 4.79 Å². The number of carbonyl (C=O) groups is 1. The summed E-state index contributed by atoms with van der Waals surface area (Å²) in [6, 6.07) is 11.4. The molecular formula is C20H23N3O3S. The Morgan fingerprint density at radius 2 is 2.11 bits per heavy atom. The Balaban J connectivity index is 1.49. The molecule has 0 saturated heterocycles. The van der Waals surface area contributed by atoms with Gasteiger partial charge >= 0.3 is 0 Å². The van der Waals surface area contributed by atoms with E-state index < -0.39 is 0 Å². The van der Waals surface area contributed by atoms with E-state index in [4.69, 9.17) is 9.15 Å². The SMILES string of the molecule is Cc1ccccc1OCCN(C)C(=O)c1ccc(CSc2nccn2C)o1. The number of amides is 1. The van der Waals surface area contributed by atoms with Gasteiger partial charge in [0.15, 0.2) is 10.9 Å². The van der Waals surface area contributed by atoms with Crippen molar-refractivity contribution in [3.63, 3.8) is 0 Å². The van der Waals surface area contributed by atoms with Crippen LogP contribution in [0.4, 0.5) is 0 Å². The average Bonchev–Trinajstić information content (AvgIpc) is 3.29. The summed E-state index contributed by atoms with van der Waals surface area (Å²) in [4.78, 5) is 18.4. The molecule has 1 aromatic carbocycles. The lowest BCUT2D eigenvalue weighted by atomic mass is 10.2. The molecule has 0 aliphatic heterocycles. The van der Waals surface area contributed by atoms with Gasteiger partial charge in [0, 0.05) is 26.5 Å². The van der Waals surface area contributed by atoms with Crippen molar-refractivity contribution in [2.75, 3.05) is 20.2 Å². The maximum Gasteiger partial charge on any atom is 0.289 e. The molecule has 2 heterocycles. The Bertz CT molecular complexity index is 903. The zero-order valence-electron chi connectivity index (χ0n) is 15.7. The van der Waals surface area contributed by atoms with Crippen LogP contribution in [-0.4, -0.2) is 40.6 Å². The molecule has 0 N–H and O–H groups in total. The van der Waals surface area contributed by atoms with E-state index >= 15 is 0 Å². The zero-order chi connectivity index (χ0) is 19.2. The van der Waals surface area contributed by atoms with Crippen LogP contribution in [-0.2, 0) is 12.8 Å². The van der Waals surface area contributed by atoms with Crippen molar-refractivity contribution in [3.8, 4) is 5.75 Å². The number of hydrogen-bond donors (Lipinski definition) is 0. The number of thioether (sulfide) groups is 1. The van der Waals surface area contributed by atoms with Gasteiger partial charge in [-0.05, 0) is 30.7 Å². The van der Waals surface area contributed by atoms with Crippen molar-refractivity contribution in [1.82, 2.24) is 14.5 Å². The van der Waals surface area contributed by atoms with Gasteiger partial charge in [0.1, 0.15) is 18.1 Å². The number of aromatic nitrogens is 2. The van der Waals surface area contributed by atoms with Crippen molar-refractivity contribution in [2.24, 2.45) is 7.05 Å². The molecule has 27 heavy (non-hydrogen) atoms. The number of aryl methyl sites for hydroxylation is 2. The van der Waals surface area contributed by atoms with E-state index in [0.717, 1.165) is 22.2 Å². The predicted molar refractivity (Wildman–Crippen MR) is 105 cm³/mol. The topological polar surface area (TPSA) is 60.5 Å². The highest BCUT2D eigenvalue weighted by Gasteiger charge is 2.16. The van der Waals surface area contributed by atoms with Crippen molar-refractivity contribution >= 4 is 17.7 Å². The highest BCUT2D eigenvalue weighted by molar-refractivity contribution is 7.98. The molecule has 0 spiro atoms. The molecule has 0 aliphatic rings. The third kappa shape index (κ3) is 4.95. The molecule has 0 aliphatic carbocycles. The minimum absolute atomic E-state index is 0.156. The van der Waals surface area contributed by atoms with Crippen molar-refractivity contribution in [1.29, 1.82) is 0 Å². The summed E-state index contributed by atoms with van der Waals surface area (Å²) in [5.74, 6) is 2.39. The summed E-state index contributed by atoms with van der Waals surface area (Å²) < 4.78 is 13.4. The third-order valence-corrected chi connectivity index (χ3v) is 5.20. The molecule has 6 nitrogen and oxygen atoms in total. The lowest BCUT2D eigenvalue weighted by molar-refractivity contribution is 0.0741. The second-order valence-corrected chi connectivity index (χ2v) is 7.16. The normalized spacial score (nSPS) is 10.8. The summed E-state index contributed by atoms with van der Waals surface area (Å²) in [6.07, 6.45) is 3.65. The second kappa shape index (κ2) is 8.81. The molecule has 0 atom stereocenters. The molecule has 0 radical (unpaired) electrons. The number of furan rings is 1. The van der Waals surface area contributed by atoms with E-state index in [-0.39, 0.29) is 5.91 Å². The van der Waals surface area contributed by atoms with Gasteiger partial charge in [0.25, 0.3) is 5.91 Å². The Labute approximate surface area is 163 Å². The number of nitrogens with zero attached hydrogens (tertiary/aromatic N) is 3. The molecule has 3 aromatic rings. The molecule has 7 heteroatoms. The van der Waals surface area contributed by atoms with Crippen molar-refractivity contribution < 1.29 is 13.9 Å². The van der Waals surface area contributed by atoms with Crippen LogP contribution < -0.4 is 4.74 Å².